The molecular weight excluding hydrogens is 294 g/mol. The summed E-state index contributed by atoms with van der Waals surface area (Å²) in [4.78, 5) is 4.24. The molecule has 1 aromatic heterocycles. The first-order valence-corrected chi connectivity index (χ1v) is 7.68. The second kappa shape index (κ2) is 7.75. The number of anilines is 1. The molecule has 0 aliphatic heterocycles. The zero-order valence-electron chi connectivity index (χ0n) is 13.1. The number of ether oxygens (including phenoxy) is 1. The van der Waals surface area contributed by atoms with Gasteiger partial charge in [-0.1, -0.05) is 36.8 Å². The van der Waals surface area contributed by atoms with Gasteiger partial charge in [-0.05, 0) is 43.3 Å². The second-order valence-corrected chi connectivity index (χ2v) is 5.43. The van der Waals surface area contributed by atoms with Crippen LogP contribution in [0.4, 0.5) is 5.82 Å². The van der Waals surface area contributed by atoms with E-state index in [1.54, 1.807) is 13.3 Å². The summed E-state index contributed by atoms with van der Waals surface area (Å²) in [6, 6.07) is 12.3. The number of aromatic nitrogens is 1. The Bertz CT molecular complexity index is 628. The highest BCUT2D eigenvalue weighted by atomic mass is 32.1. The van der Waals surface area contributed by atoms with Gasteiger partial charge in [0.05, 0.1) is 13.2 Å². The lowest BCUT2D eigenvalue weighted by molar-refractivity contribution is 0.415. The Morgan fingerprint density at radius 1 is 1.27 bits per heavy atom. The van der Waals surface area contributed by atoms with Crippen LogP contribution in [0.2, 0.25) is 0 Å². The van der Waals surface area contributed by atoms with E-state index in [-0.39, 0.29) is 6.04 Å². The summed E-state index contributed by atoms with van der Waals surface area (Å²) in [5.41, 5.74) is 2.46. The maximum atomic E-state index is 5.39. The van der Waals surface area contributed by atoms with Crippen molar-refractivity contribution in [3.63, 3.8) is 0 Å². The quantitative estimate of drug-likeness (QED) is 0.821. The maximum Gasteiger partial charge on any atom is 0.174 e. The molecule has 0 aliphatic rings. The van der Waals surface area contributed by atoms with Gasteiger partial charge in [0.1, 0.15) is 0 Å². The van der Waals surface area contributed by atoms with Crippen LogP contribution in [-0.4, -0.2) is 17.2 Å². The van der Waals surface area contributed by atoms with Gasteiger partial charge >= 0.3 is 0 Å². The minimum Gasteiger partial charge on any atom is -0.493 e. The molecule has 2 N–H and O–H groups in total. The summed E-state index contributed by atoms with van der Waals surface area (Å²) in [6.45, 7) is 4.21. The van der Waals surface area contributed by atoms with E-state index in [9.17, 15) is 0 Å². The van der Waals surface area contributed by atoms with Gasteiger partial charge < -0.3 is 15.4 Å². The molecule has 0 aliphatic carbocycles. The van der Waals surface area contributed by atoms with Crippen LogP contribution < -0.4 is 15.4 Å². The topological polar surface area (TPSA) is 46.2 Å². The minimum atomic E-state index is 0.162. The predicted octanol–water partition coefficient (Wildman–Crippen LogP) is 3.84. The number of nitrogens with one attached hydrogen (secondary N) is 2. The lowest BCUT2D eigenvalue weighted by Gasteiger charge is -2.20. The van der Waals surface area contributed by atoms with E-state index in [0.29, 0.717) is 16.7 Å². The minimum absolute atomic E-state index is 0.162. The van der Waals surface area contributed by atoms with Crippen molar-refractivity contribution in [1.29, 1.82) is 0 Å². The van der Waals surface area contributed by atoms with Crippen molar-refractivity contribution in [1.82, 2.24) is 10.3 Å². The van der Waals surface area contributed by atoms with Gasteiger partial charge in [0, 0.05) is 6.20 Å². The number of nitrogens with zero attached hydrogens (tertiary/aromatic N) is 1. The van der Waals surface area contributed by atoms with E-state index < -0.39 is 0 Å². The molecule has 0 saturated heterocycles. The fourth-order valence-corrected chi connectivity index (χ4v) is 2.41. The molecular formula is C17H21N3OS. The number of methoxy groups -OCH3 is 1. The molecule has 2 aromatic rings. The van der Waals surface area contributed by atoms with E-state index in [1.165, 1.54) is 11.1 Å². The number of benzene rings is 1. The highest BCUT2D eigenvalue weighted by Crippen LogP contribution is 2.21. The first kappa shape index (κ1) is 16.2. The first-order chi connectivity index (χ1) is 10.6. The summed E-state index contributed by atoms with van der Waals surface area (Å²) in [5.74, 6) is 1.27. The van der Waals surface area contributed by atoms with Gasteiger partial charge in [-0.15, -0.1) is 0 Å². The van der Waals surface area contributed by atoms with Gasteiger partial charge in [-0.3, -0.25) is 0 Å². The van der Waals surface area contributed by atoms with Crippen LogP contribution in [0.1, 0.15) is 30.5 Å². The molecule has 0 spiro atoms. The molecule has 1 unspecified atom stereocenters. The van der Waals surface area contributed by atoms with Crippen LogP contribution in [0.5, 0.6) is 5.75 Å². The Hall–Kier alpha value is -2.14. The molecule has 0 bridgehead atoms. The second-order valence-electron chi connectivity index (χ2n) is 5.02. The monoisotopic (exact) mass is 315 g/mol. The average molecular weight is 315 g/mol. The summed E-state index contributed by atoms with van der Waals surface area (Å²) in [7, 11) is 1.61. The summed E-state index contributed by atoms with van der Waals surface area (Å²) < 4.78 is 5.26. The third kappa shape index (κ3) is 4.18. The van der Waals surface area contributed by atoms with Crippen molar-refractivity contribution in [2.24, 2.45) is 0 Å². The van der Waals surface area contributed by atoms with E-state index in [2.05, 4.69) is 53.7 Å². The van der Waals surface area contributed by atoms with Crippen molar-refractivity contribution in [2.75, 3.05) is 12.4 Å². The predicted molar refractivity (Wildman–Crippen MR) is 94.4 cm³/mol. The Balaban J connectivity index is 2.05. The Morgan fingerprint density at radius 2 is 2.00 bits per heavy atom. The Morgan fingerprint density at radius 3 is 2.64 bits per heavy atom. The summed E-state index contributed by atoms with van der Waals surface area (Å²) in [5, 5.41) is 6.95. The molecule has 1 heterocycles. The van der Waals surface area contributed by atoms with Crippen molar-refractivity contribution in [3.05, 3.63) is 53.7 Å². The molecule has 116 valence electrons. The highest BCUT2D eigenvalue weighted by molar-refractivity contribution is 7.80. The van der Waals surface area contributed by atoms with Gasteiger partial charge in [0.25, 0.3) is 0 Å². The molecule has 4 nitrogen and oxygen atoms in total. The smallest absolute Gasteiger partial charge is 0.174 e. The summed E-state index contributed by atoms with van der Waals surface area (Å²) >= 11 is 5.39. The molecule has 5 heteroatoms. The third-order valence-corrected chi connectivity index (χ3v) is 3.64. The molecule has 1 aromatic carbocycles. The highest BCUT2D eigenvalue weighted by Gasteiger charge is 2.12. The van der Waals surface area contributed by atoms with Gasteiger partial charge in [-0.2, -0.15) is 0 Å². The van der Waals surface area contributed by atoms with E-state index in [1.807, 2.05) is 12.1 Å². The molecule has 0 fully saturated rings. The van der Waals surface area contributed by atoms with E-state index >= 15 is 0 Å². The Labute approximate surface area is 136 Å². The fourth-order valence-electron chi connectivity index (χ4n) is 2.17. The summed E-state index contributed by atoms with van der Waals surface area (Å²) in [6.07, 6.45) is 2.63. The van der Waals surface area contributed by atoms with E-state index in [4.69, 9.17) is 17.0 Å². The average Bonchev–Trinajstić information content (AvgIpc) is 2.54. The number of pyridine rings is 1. The van der Waals surface area contributed by atoms with Crippen molar-refractivity contribution in [2.45, 2.75) is 26.3 Å². The Kier molecular flexibility index (Phi) is 5.72. The lowest BCUT2D eigenvalue weighted by atomic mass is 10.0. The molecule has 22 heavy (non-hydrogen) atoms. The number of aryl methyl sites for hydroxylation is 1. The lowest BCUT2D eigenvalue weighted by Crippen LogP contribution is -2.32. The van der Waals surface area contributed by atoms with Crippen LogP contribution >= 0.6 is 12.2 Å². The van der Waals surface area contributed by atoms with Gasteiger partial charge in [0.15, 0.2) is 16.7 Å². The van der Waals surface area contributed by atoms with Gasteiger partial charge in [-0.25, -0.2) is 4.98 Å². The zero-order chi connectivity index (χ0) is 15.9. The maximum absolute atomic E-state index is 5.39. The SMILES string of the molecule is CCC(NC(=S)Nc1ncccc1OC)c1ccc(C)cc1. The van der Waals surface area contributed by atoms with Crippen LogP contribution in [-0.2, 0) is 0 Å². The molecule has 1 atom stereocenters. The van der Waals surface area contributed by atoms with Crippen molar-refractivity contribution in [3.8, 4) is 5.75 Å². The zero-order valence-corrected chi connectivity index (χ0v) is 13.9. The van der Waals surface area contributed by atoms with Crippen LogP contribution in [0.15, 0.2) is 42.6 Å². The fraction of sp³-hybridized carbons (Fsp3) is 0.294. The number of thiocarbonyl (C=S) groups is 1. The van der Waals surface area contributed by atoms with Gasteiger partial charge in [0.2, 0.25) is 0 Å². The van der Waals surface area contributed by atoms with Crippen molar-refractivity contribution >= 4 is 23.1 Å². The van der Waals surface area contributed by atoms with Crippen molar-refractivity contribution < 1.29 is 4.74 Å². The molecule has 0 radical (unpaired) electrons. The first-order valence-electron chi connectivity index (χ1n) is 7.27. The van der Waals surface area contributed by atoms with E-state index in [0.717, 1.165) is 6.42 Å². The number of rotatable bonds is 5. The largest absolute Gasteiger partial charge is 0.493 e. The molecule has 0 amide bonds. The standard InChI is InChI=1S/C17H21N3OS/c1-4-14(13-9-7-12(2)8-10-13)19-17(22)20-16-15(21-3)6-5-11-18-16/h5-11,14H,4H2,1-3H3,(H2,18,19,20,22). The van der Waals surface area contributed by atoms with Crippen LogP contribution in [0.3, 0.4) is 0 Å². The normalized spacial score (nSPS) is 11.6. The third-order valence-electron chi connectivity index (χ3n) is 3.42. The van der Waals surface area contributed by atoms with Crippen LogP contribution in [0, 0.1) is 6.92 Å². The molecule has 0 saturated carbocycles. The van der Waals surface area contributed by atoms with Crippen LogP contribution in [0.25, 0.3) is 0 Å². The molecule has 2 rings (SSSR count). The number of hydrogen-bond donors (Lipinski definition) is 2. The number of hydrogen-bond acceptors (Lipinski definition) is 3.